The number of rotatable bonds is 3. The Labute approximate surface area is 90.5 Å². The lowest BCUT2D eigenvalue weighted by Gasteiger charge is -2.22. The molecule has 0 spiro atoms. The predicted octanol–water partition coefficient (Wildman–Crippen LogP) is 0.580. The minimum Gasteiger partial charge on any atom is -0.392 e. The van der Waals surface area contributed by atoms with E-state index in [0.29, 0.717) is 12.6 Å². The van der Waals surface area contributed by atoms with Gasteiger partial charge < -0.3 is 10.8 Å². The van der Waals surface area contributed by atoms with Gasteiger partial charge in [0.15, 0.2) is 0 Å². The van der Waals surface area contributed by atoms with E-state index < -0.39 is 0 Å². The maximum atomic E-state index is 9.58. The largest absolute Gasteiger partial charge is 0.392 e. The van der Waals surface area contributed by atoms with Crippen LogP contribution in [0.25, 0.3) is 0 Å². The molecule has 0 unspecified atom stereocenters. The van der Waals surface area contributed by atoms with Crippen molar-refractivity contribution < 1.29 is 5.11 Å². The van der Waals surface area contributed by atoms with Gasteiger partial charge in [0.1, 0.15) is 0 Å². The molecule has 1 aliphatic rings. The van der Waals surface area contributed by atoms with E-state index in [1.165, 1.54) is 5.56 Å². The van der Waals surface area contributed by atoms with E-state index in [0.717, 1.165) is 19.5 Å². The van der Waals surface area contributed by atoms with Crippen molar-refractivity contribution in [3.05, 3.63) is 35.9 Å². The van der Waals surface area contributed by atoms with Crippen LogP contribution in [0.15, 0.2) is 30.3 Å². The SMILES string of the molecule is NC[C@@H]1C[C@@H](O)CN1Cc1ccccc1. The topological polar surface area (TPSA) is 49.5 Å². The zero-order valence-electron chi connectivity index (χ0n) is 8.84. The van der Waals surface area contributed by atoms with E-state index in [1.807, 2.05) is 18.2 Å². The van der Waals surface area contributed by atoms with Gasteiger partial charge in [0.05, 0.1) is 6.10 Å². The monoisotopic (exact) mass is 206 g/mol. The Balaban J connectivity index is 2.00. The Hall–Kier alpha value is -0.900. The lowest BCUT2D eigenvalue weighted by Crippen LogP contribution is -2.34. The number of hydrogen-bond donors (Lipinski definition) is 2. The van der Waals surface area contributed by atoms with Crippen LogP contribution in [-0.4, -0.2) is 35.2 Å². The molecule has 0 radical (unpaired) electrons. The smallest absolute Gasteiger partial charge is 0.0682 e. The predicted molar refractivity (Wildman–Crippen MR) is 60.3 cm³/mol. The molecule has 0 bridgehead atoms. The van der Waals surface area contributed by atoms with E-state index in [-0.39, 0.29) is 6.10 Å². The zero-order valence-corrected chi connectivity index (χ0v) is 8.84. The van der Waals surface area contributed by atoms with Gasteiger partial charge in [-0.1, -0.05) is 30.3 Å². The molecular formula is C12H18N2O. The van der Waals surface area contributed by atoms with E-state index in [9.17, 15) is 5.11 Å². The van der Waals surface area contributed by atoms with Gasteiger partial charge in [-0.15, -0.1) is 0 Å². The Morgan fingerprint density at radius 1 is 1.33 bits per heavy atom. The highest BCUT2D eigenvalue weighted by Crippen LogP contribution is 2.19. The summed E-state index contributed by atoms with van der Waals surface area (Å²) in [5.74, 6) is 0. The summed E-state index contributed by atoms with van der Waals surface area (Å²) in [6.45, 7) is 2.26. The van der Waals surface area contributed by atoms with E-state index in [4.69, 9.17) is 5.73 Å². The number of hydrogen-bond acceptors (Lipinski definition) is 3. The second kappa shape index (κ2) is 4.75. The van der Waals surface area contributed by atoms with Gasteiger partial charge in [-0.05, 0) is 12.0 Å². The molecule has 1 saturated heterocycles. The lowest BCUT2D eigenvalue weighted by molar-refractivity contribution is 0.173. The number of aliphatic hydroxyl groups is 1. The highest BCUT2D eigenvalue weighted by Gasteiger charge is 2.29. The van der Waals surface area contributed by atoms with Crippen LogP contribution in [0.5, 0.6) is 0 Å². The third kappa shape index (κ3) is 2.56. The zero-order chi connectivity index (χ0) is 10.7. The minimum absolute atomic E-state index is 0.206. The molecule has 1 heterocycles. The second-order valence-corrected chi connectivity index (χ2v) is 4.19. The molecule has 1 aromatic carbocycles. The summed E-state index contributed by atoms with van der Waals surface area (Å²) in [5, 5.41) is 9.58. The normalized spacial score (nSPS) is 27.1. The van der Waals surface area contributed by atoms with E-state index in [1.54, 1.807) is 0 Å². The number of aliphatic hydroxyl groups excluding tert-OH is 1. The van der Waals surface area contributed by atoms with Crippen molar-refractivity contribution in [3.63, 3.8) is 0 Å². The van der Waals surface area contributed by atoms with Crippen molar-refractivity contribution >= 4 is 0 Å². The van der Waals surface area contributed by atoms with Crippen molar-refractivity contribution in [2.24, 2.45) is 5.73 Å². The van der Waals surface area contributed by atoms with Gasteiger partial charge in [0.25, 0.3) is 0 Å². The first-order valence-corrected chi connectivity index (χ1v) is 5.45. The number of β-amino-alcohol motifs (C(OH)–C–C–N with tert-alkyl or cyclic N) is 1. The van der Waals surface area contributed by atoms with Crippen LogP contribution in [0.4, 0.5) is 0 Å². The Bertz CT molecular complexity index is 302. The second-order valence-electron chi connectivity index (χ2n) is 4.19. The van der Waals surface area contributed by atoms with Crippen molar-refractivity contribution in [1.29, 1.82) is 0 Å². The summed E-state index contributed by atoms with van der Waals surface area (Å²) >= 11 is 0. The fourth-order valence-electron chi connectivity index (χ4n) is 2.21. The summed E-state index contributed by atoms with van der Waals surface area (Å²) in [5.41, 5.74) is 6.97. The third-order valence-corrected chi connectivity index (χ3v) is 3.01. The highest BCUT2D eigenvalue weighted by molar-refractivity contribution is 5.15. The van der Waals surface area contributed by atoms with Gasteiger partial charge in [-0.3, -0.25) is 4.90 Å². The quantitative estimate of drug-likeness (QED) is 0.760. The van der Waals surface area contributed by atoms with Crippen LogP contribution in [0.1, 0.15) is 12.0 Å². The van der Waals surface area contributed by atoms with Crippen LogP contribution in [0.3, 0.4) is 0 Å². The number of likely N-dealkylation sites (tertiary alicyclic amines) is 1. The van der Waals surface area contributed by atoms with Crippen LogP contribution < -0.4 is 5.73 Å². The standard InChI is InChI=1S/C12H18N2O/c13-7-11-6-12(15)9-14(11)8-10-4-2-1-3-5-10/h1-5,11-12,15H,6-9,13H2/t11-,12+/m0/s1. The molecule has 1 aromatic rings. The lowest BCUT2D eigenvalue weighted by atomic mass is 10.2. The molecule has 15 heavy (non-hydrogen) atoms. The first-order valence-electron chi connectivity index (χ1n) is 5.45. The van der Waals surface area contributed by atoms with E-state index in [2.05, 4.69) is 17.0 Å². The summed E-state index contributed by atoms with van der Waals surface area (Å²) in [7, 11) is 0. The Morgan fingerprint density at radius 2 is 2.07 bits per heavy atom. The van der Waals surface area contributed by atoms with E-state index >= 15 is 0 Å². The molecule has 1 aliphatic heterocycles. The first kappa shape index (κ1) is 10.6. The maximum Gasteiger partial charge on any atom is 0.0682 e. The number of nitrogens with two attached hydrogens (primary N) is 1. The van der Waals surface area contributed by atoms with Crippen LogP contribution in [0, 0.1) is 0 Å². The maximum absolute atomic E-state index is 9.58. The summed E-state index contributed by atoms with van der Waals surface area (Å²) in [4.78, 5) is 2.26. The Kier molecular flexibility index (Phi) is 3.36. The first-order chi connectivity index (χ1) is 7.29. The molecule has 1 fully saturated rings. The molecule has 3 N–H and O–H groups in total. The van der Waals surface area contributed by atoms with Crippen LogP contribution >= 0.6 is 0 Å². The average Bonchev–Trinajstić information content (AvgIpc) is 2.60. The number of benzene rings is 1. The molecule has 2 rings (SSSR count). The molecule has 0 amide bonds. The van der Waals surface area contributed by atoms with Crippen molar-refractivity contribution in [2.45, 2.75) is 25.1 Å². The summed E-state index contributed by atoms with van der Waals surface area (Å²) in [6, 6.07) is 10.7. The highest BCUT2D eigenvalue weighted by atomic mass is 16.3. The molecule has 2 atom stereocenters. The van der Waals surface area contributed by atoms with Crippen molar-refractivity contribution in [2.75, 3.05) is 13.1 Å². The molecule has 0 aromatic heterocycles. The molecule has 0 aliphatic carbocycles. The van der Waals surface area contributed by atoms with Crippen LogP contribution in [0.2, 0.25) is 0 Å². The molecule has 82 valence electrons. The molecule has 0 saturated carbocycles. The molecule has 3 nitrogen and oxygen atoms in total. The third-order valence-electron chi connectivity index (χ3n) is 3.01. The number of nitrogens with zero attached hydrogens (tertiary/aromatic N) is 1. The van der Waals surface area contributed by atoms with Gasteiger partial charge in [-0.25, -0.2) is 0 Å². The van der Waals surface area contributed by atoms with Crippen LogP contribution in [-0.2, 0) is 6.54 Å². The van der Waals surface area contributed by atoms with Gasteiger partial charge >= 0.3 is 0 Å². The fraction of sp³-hybridized carbons (Fsp3) is 0.500. The molecular weight excluding hydrogens is 188 g/mol. The molecule has 3 heteroatoms. The van der Waals surface area contributed by atoms with Gasteiger partial charge in [0, 0.05) is 25.7 Å². The van der Waals surface area contributed by atoms with Crippen molar-refractivity contribution in [1.82, 2.24) is 4.90 Å². The summed E-state index contributed by atoms with van der Waals surface area (Å²) < 4.78 is 0. The summed E-state index contributed by atoms with van der Waals surface area (Å²) in [6.07, 6.45) is 0.603. The van der Waals surface area contributed by atoms with Gasteiger partial charge in [0.2, 0.25) is 0 Å². The van der Waals surface area contributed by atoms with Gasteiger partial charge in [-0.2, -0.15) is 0 Å². The fourth-order valence-corrected chi connectivity index (χ4v) is 2.21. The average molecular weight is 206 g/mol. The van der Waals surface area contributed by atoms with Crippen molar-refractivity contribution in [3.8, 4) is 0 Å². The Morgan fingerprint density at radius 3 is 2.73 bits per heavy atom. The minimum atomic E-state index is -0.206.